The molecule has 0 atom stereocenters. The number of hydrogen-bond donors (Lipinski definition) is 0. The van der Waals surface area contributed by atoms with Crippen molar-refractivity contribution in [1.29, 1.82) is 0 Å². The molecular formula is C25H20N2O3. The standard InChI is InChI=1S/C25H20N2O3/c28-24-19-8-4-7-18-17(10-11-20(23(18)19)25(29)30-24)15-9-12-21-22(13-15)27(14-26-21)16-5-2-1-3-6-16/h4,7-14,16H,1-3,5-6H2. The second-order valence-electron chi connectivity index (χ2n) is 8.21. The molecule has 1 fully saturated rings. The van der Waals surface area contributed by atoms with E-state index < -0.39 is 11.9 Å². The number of nitrogens with zero attached hydrogens (tertiary/aromatic N) is 2. The van der Waals surface area contributed by atoms with Crippen molar-refractivity contribution in [3.63, 3.8) is 0 Å². The van der Waals surface area contributed by atoms with E-state index in [1.807, 2.05) is 24.5 Å². The minimum Gasteiger partial charge on any atom is -0.386 e. The number of rotatable bonds is 2. The van der Waals surface area contributed by atoms with Crippen molar-refractivity contribution in [2.75, 3.05) is 0 Å². The maximum atomic E-state index is 12.2. The molecule has 0 radical (unpaired) electrons. The number of carbonyl (C=O) groups is 2. The quantitative estimate of drug-likeness (QED) is 0.323. The van der Waals surface area contributed by atoms with Crippen molar-refractivity contribution in [3.05, 3.63) is 66.0 Å². The lowest BCUT2D eigenvalue weighted by atomic mass is 9.91. The van der Waals surface area contributed by atoms with Gasteiger partial charge in [0.2, 0.25) is 0 Å². The molecular weight excluding hydrogens is 376 g/mol. The number of cyclic esters (lactones) is 2. The van der Waals surface area contributed by atoms with Gasteiger partial charge in [-0.15, -0.1) is 0 Å². The van der Waals surface area contributed by atoms with Gasteiger partial charge < -0.3 is 9.30 Å². The maximum absolute atomic E-state index is 12.2. The van der Waals surface area contributed by atoms with Crippen molar-refractivity contribution >= 4 is 33.7 Å². The molecule has 0 amide bonds. The first-order valence-corrected chi connectivity index (χ1v) is 10.5. The summed E-state index contributed by atoms with van der Waals surface area (Å²) in [4.78, 5) is 29.1. The van der Waals surface area contributed by atoms with Gasteiger partial charge in [-0.3, -0.25) is 0 Å². The lowest BCUT2D eigenvalue weighted by Gasteiger charge is -2.23. The summed E-state index contributed by atoms with van der Waals surface area (Å²) in [5.74, 6) is -1.16. The van der Waals surface area contributed by atoms with Crippen molar-refractivity contribution in [2.45, 2.75) is 38.1 Å². The molecule has 148 valence electrons. The van der Waals surface area contributed by atoms with Crippen LogP contribution in [0.4, 0.5) is 0 Å². The molecule has 5 nitrogen and oxygen atoms in total. The summed E-state index contributed by atoms with van der Waals surface area (Å²) >= 11 is 0. The van der Waals surface area contributed by atoms with Crippen molar-refractivity contribution in [3.8, 4) is 11.1 Å². The number of imidazole rings is 1. The number of benzene rings is 3. The molecule has 1 saturated carbocycles. The zero-order valence-corrected chi connectivity index (χ0v) is 16.4. The fourth-order valence-electron chi connectivity index (χ4n) is 5.04. The Bertz CT molecular complexity index is 1330. The summed E-state index contributed by atoms with van der Waals surface area (Å²) in [5, 5.41) is 1.57. The number of carbonyl (C=O) groups excluding carboxylic acids is 2. The summed E-state index contributed by atoms with van der Waals surface area (Å²) in [6.07, 6.45) is 8.21. The molecule has 1 aliphatic carbocycles. The molecule has 6 rings (SSSR count). The summed E-state index contributed by atoms with van der Waals surface area (Å²) in [5.41, 5.74) is 5.06. The molecule has 1 aliphatic heterocycles. The Morgan fingerprint density at radius 3 is 2.47 bits per heavy atom. The topological polar surface area (TPSA) is 61.2 Å². The second kappa shape index (κ2) is 6.52. The number of fused-ring (bicyclic) bond motifs is 1. The monoisotopic (exact) mass is 396 g/mol. The van der Waals surface area contributed by atoms with Crippen LogP contribution in [0.1, 0.15) is 58.9 Å². The molecule has 30 heavy (non-hydrogen) atoms. The third-order valence-electron chi connectivity index (χ3n) is 6.52. The van der Waals surface area contributed by atoms with Crippen LogP contribution in [-0.4, -0.2) is 21.5 Å². The minimum atomic E-state index is -0.582. The zero-order valence-electron chi connectivity index (χ0n) is 16.4. The van der Waals surface area contributed by atoms with Crippen LogP contribution >= 0.6 is 0 Å². The van der Waals surface area contributed by atoms with Gasteiger partial charge in [-0.25, -0.2) is 14.6 Å². The van der Waals surface area contributed by atoms with Crippen LogP contribution < -0.4 is 0 Å². The van der Waals surface area contributed by atoms with Gasteiger partial charge >= 0.3 is 11.9 Å². The van der Waals surface area contributed by atoms with Crippen LogP contribution in [0.3, 0.4) is 0 Å². The Balaban J connectivity index is 1.55. The molecule has 3 aromatic carbocycles. The fraction of sp³-hybridized carbons (Fsp3) is 0.240. The van der Waals surface area contributed by atoms with Gasteiger partial charge in [0.1, 0.15) is 0 Å². The van der Waals surface area contributed by atoms with E-state index >= 15 is 0 Å². The highest BCUT2D eigenvalue weighted by atomic mass is 16.6. The van der Waals surface area contributed by atoms with Crippen molar-refractivity contribution < 1.29 is 14.3 Å². The highest BCUT2D eigenvalue weighted by Gasteiger charge is 2.28. The average Bonchev–Trinajstić information content (AvgIpc) is 3.21. The Morgan fingerprint density at radius 1 is 0.867 bits per heavy atom. The zero-order chi connectivity index (χ0) is 20.2. The van der Waals surface area contributed by atoms with Crippen LogP contribution in [-0.2, 0) is 4.74 Å². The third-order valence-corrected chi connectivity index (χ3v) is 6.52. The molecule has 1 aromatic heterocycles. The normalized spacial score (nSPS) is 16.9. The third kappa shape index (κ3) is 2.51. The van der Waals surface area contributed by atoms with E-state index in [4.69, 9.17) is 4.74 Å². The molecule has 5 heteroatoms. The van der Waals surface area contributed by atoms with E-state index in [2.05, 4.69) is 27.8 Å². The highest BCUT2D eigenvalue weighted by Crippen LogP contribution is 2.37. The van der Waals surface area contributed by atoms with Gasteiger partial charge in [-0.1, -0.05) is 43.5 Å². The van der Waals surface area contributed by atoms with Crippen molar-refractivity contribution in [2.24, 2.45) is 0 Å². The SMILES string of the molecule is O=C1OC(=O)c2ccc(-c3ccc4ncn(C5CCCCC5)c4c3)c3cccc1c23. The molecule has 0 unspecified atom stereocenters. The summed E-state index contributed by atoms with van der Waals surface area (Å²) < 4.78 is 7.21. The van der Waals surface area contributed by atoms with Crippen molar-refractivity contribution in [1.82, 2.24) is 9.55 Å². The van der Waals surface area contributed by atoms with E-state index in [1.54, 1.807) is 12.1 Å². The largest absolute Gasteiger partial charge is 0.386 e. The first kappa shape index (κ1) is 17.4. The van der Waals surface area contributed by atoms with Gasteiger partial charge in [0.05, 0.1) is 28.5 Å². The van der Waals surface area contributed by atoms with Crippen LogP contribution in [0.2, 0.25) is 0 Å². The van der Waals surface area contributed by atoms with Gasteiger partial charge in [0.15, 0.2) is 0 Å². The number of hydrogen-bond acceptors (Lipinski definition) is 4. The van der Waals surface area contributed by atoms with E-state index in [1.165, 1.54) is 32.1 Å². The van der Waals surface area contributed by atoms with Crippen LogP contribution in [0.25, 0.3) is 32.9 Å². The Labute approximate surface area is 173 Å². The van der Waals surface area contributed by atoms with E-state index in [0.29, 0.717) is 22.6 Å². The lowest BCUT2D eigenvalue weighted by molar-refractivity contribution is 0.0391. The van der Waals surface area contributed by atoms with Gasteiger partial charge in [-0.05, 0) is 53.6 Å². The molecule has 4 aromatic rings. The minimum absolute atomic E-state index is 0.442. The predicted molar refractivity (Wildman–Crippen MR) is 115 cm³/mol. The average molecular weight is 396 g/mol. The Hall–Kier alpha value is -3.47. The van der Waals surface area contributed by atoms with E-state index in [-0.39, 0.29) is 0 Å². The molecule has 0 bridgehead atoms. The molecule has 2 aliphatic rings. The number of aromatic nitrogens is 2. The van der Waals surface area contributed by atoms with Crippen LogP contribution in [0.15, 0.2) is 54.9 Å². The predicted octanol–water partition coefficient (Wildman–Crippen LogP) is 5.67. The summed E-state index contributed by atoms with van der Waals surface area (Å²) in [6, 6.07) is 16.0. The van der Waals surface area contributed by atoms with E-state index in [0.717, 1.165) is 27.5 Å². The first-order chi connectivity index (χ1) is 14.7. The van der Waals surface area contributed by atoms with Crippen LogP contribution in [0.5, 0.6) is 0 Å². The molecule has 0 spiro atoms. The number of ether oxygens (including phenoxy) is 1. The van der Waals surface area contributed by atoms with Crippen LogP contribution in [0, 0.1) is 0 Å². The molecule has 0 saturated heterocycles. The van der Waals surface area contributed by atoms with Gasteiger partial charge in [0, 0.05) is 11.4 Å². The Kier molecular flexibility index (Phi) is 3.78. The smallest absolute Gasteiger partial charge is 0.346 e. The lowest BCUT2D eigenvalue weighted by Crippen LogP contribution is -2.19. The summed E-state index contributed by atoms with van der Waals surface area (Å²) in [6.45, 7) is 0. The first-order valence-electron chi connectivity index (χ1n) is 10.5. The Morgan fingerprint density at radius 2 is 1.63 bits per heavy atom. The molecule has 0 N–H and O–H groups in total. The van der Waals surface area contributed by atoms with Gasteiger partial charge in [-0.2, -0.15) is 0 Å². The second-order valence-corrected chi connectivity index (χ2v) is 8.21. The van der Waals surface area contributed by atoms with Gasteiger partial charge in [0.25, 0.3) is 0 Å². The fourth-order valence-corrected chi connectivity index (χ4v) is 5.04. The summed E-state index contributed by atoms with van der Waals surface area (Å²) in [7, 11) is 0. The van der Waals surface area contributed by atoms with E-state index in [9.17, 15) is 9.59 Å². The number of esters is 2. The highest BCUT2D eigenvalue weighted by molar-refractivity contribution is 6.22. The maximum Gasteiger partial charge on any atom is 0.346 e. The molecule has 2 heterocycles.